The summed E-state index contributed by atoms with van der Waals surface area (Å²) < 4.78 is 12.3. The van der Waals surface area contributed by atoms with Crippen molar-refractivity contribution >= 4 is 0 Å². The van der Waals surface area contributed by atoms with Gasteiger partial charge < -0.3 is 9.47 Å². The van der Waals surface area contributed by atoms with Crippen LogP contribution < -0.4 is 10.4 Å². The normalized spacial score (nSPS) is 10.8. The molecular weight excluding hydrogens is 318 g/mol. The molecule has 0 fully saturated rings. The summed E-state index contributed by atoms with van der Waals surface area (Å²) in [6.45, 7) is 1.10. The van der Waals surface area contributed by atoms with Gasteiger partial charge in [-0.15, -0.1) is 0 Å². The third-order valence-electron chi connectivity index (χ3n) is 3.95. The van der Waals surface area contributed by atoms with E-state index in [-0.39, 0.29) is 5.69 Å². The molecule has 0 saturated heterocycles. The van der Waals surface area contributed by atoms with E-state index < -0.39 is 0 Å². The summed E-state index contributed by atoms with van der Waals surface area (Å²) >= 11 is 0. The Hall–Kier alpha value is -2.86. The van der Waals surface area contributed by atoms with E-state index in [1.807, 2.05) is 48.5 Å². The summed E-state index contributed by atoms with van der Waals surface area (Å²) in [4.78, 5) is 14.4. The average molecular weight is 339 g/mol. The van der Waals surface area contributed by atoms with Crippen molar-refractivity contribution in [2.75, 3.05) is 13.7 Å². The van der Waals surface area contributed by atoms with Crippen LogP contribution in [0.3, 0.4) is 0 Å². The number of nitrogens with zero attached hydrogens (tertiary/aromatic N) is 2. The van der Waals surface area contributed by atoms with Gasteiger partial charge in [-0.1, -0.05) is 36.4 Å². The fourth-order valence-corrected chi connectivity index (χ4v) is 2.53. The smallest absolute Gasteiger partial charge is 0.343 e. The zero-order valence-electron chi connectivity index (χ0n) is 14.4. The van der Waals surface area contributed by atoms with Crippen LogP contribution in [-0.4, -0.2) is 28.5 Å². The molecule has 6 heteroatoms. The average Bonchev–Trinajstić information content (AvgIpc) is 2.98. The van der Waals surface area contributed by atoms with Gasteiger partial charge in [0.1, 0.15) is 12.4 Å². The lowest BCUT2D eigenvalue weighted by molar-refractivity contribution is 0.202. The minimum atomic E-state index is -0.239. The van der Waals surface area contributed by atoms with E-state index in [1.165, 1.54) is 10.2 Å². The van der Waals surface area contributed by atoms with Crippen LogP contribution in [0.2, 0.25) is 0 Å². The molecule has 0 bridgehead atoms. The van der Waals surface area contributed by atoms with E-state index in [4.69, 9.17) is 9.47 Å². The highest BCUT2D eigenvalue weighted by Crippen LogP contribution is 2.21. The molecule has 3 aromatic rings. The molecule has 0 aliphatic heterocycles. The summed E-state index contributed by atoms with van der Waals surface area (Å²) in [6.07, 6.45) is 0.882. The van der Waals surface area contributed by atoms with E-state index >= 15 is 0 Å². The number of benzene rings is 2. The Balaban J connectivity index is 1.72. The van der Waals surface area contributed by atoms with Gasteiger partial charge in [0.05, 0.1) is 6.61 Å². The molecule has 0 unspecified atom stereocenters. The summed E-state index contributed by atoms with van der Waals surface area (Å²) in [5.41, 5.74) is 2.79. The number of hydrogen-bond donors (Lipinski definition) is 1. The van der Waals surface area contributed by atoms with Crippen LogP contribution >= 0.6 is 0 Å². The zero-order valence-corrected chi connectivity index (χ0v) is 14.4. The van der Waals surface area contributed by atoms with E-state index in [9.17, 15) is 4.79 Å². The number of aromatic nitrogens is 3. The SMILES string of the molecule is COCCc1ccc(OCc2ccccc2-c2nn(C)c(=O)[nH]2)cc1. The van der Waals surface area contributed by atoms with Crippen LogP contribution in [0.15, 0.2) is 53.3 Å². The fraction of sp³-hybridized carbons (Fsp3) is 0.263. The Morgan fingerprint density at radius 3 is 2.56 bits per heavy atom. The molecule has 130 valence electrons. The maximum absolute atomic E-state index is 11.6. The van der Waals surface area contributed by atoms with E-state index in [1.54, 1.807) is 14.2 Å². The first-order valence-electron chi connectivity index (χ1n) is 8.09. The quantitative estimate of drug-likeness (QED) is 0.718. The van der Waals surface area contributed by atoms with E-state index in [0.717, 1.165) is 23.3 Å². The van der Waals surface area contributed by atoms with Gasteiger partial charge in [-0.2, -0.15) is 5.10 Å². The molecular formula is C19H21N3O3. The topological polar surface area (TPSA) is 69.1 Å². The molecule has 1 N–H and O–H groups in total. The number of methoxy groups -OCH3 is 1. The molecule has 3 rings (SSSR count). The maximum atomic E-state index is 11.6. The number of rotatable bonds is 7. The third kappa shape index (κ3) is 4.16. The second-order valence-electron chi connectivity index (χ2n) is 5.73. The van der Waals surface area contributed by atoms with E-state index in [0.29, 0.717) is 19.0 Å². The van der Waals surface area contributed by atoms with Crippen molar-refractivity contribution in [3.8, 4) is 17.1 Å². The molecule has 25 heavy (non-hydrogen) atoms. The second-order valence-corrected chi connectivity index (χ2v) is 5.73. The molecule has 0 spiro atoms. The number of hydrogen-bond acceptors (Lipinski definition) is 4. The second kappa shape index (κ2) is 7.81. The Labute approximate surface area is 146 Å². The van der Waals surface area contributed by atoms with Crippen molar-refractivity contribution in [2.45, 2.75) is 13.0 Å². The summed E-state index contributed by atoms with van der Waals surface area (Å²) in [7, 11) is 3.32. The first-order valence-corrected chi connectivity index (χ1v) is 8.09. The highest BCUT2D eigenvalue weighted by molar-refractivity contribution is 5.59. The predicted molar refractivity (Wildman–Crippen MR) is 95.6 cm³/mol. The van der Waals surface area contributed by atoms with E-state index in [2.05, 4.69) is 10.1 Å². The van der Waals surface area contributed by atoms with Gasteiger partial charge in [0.25, 0.3) is 0 Å². The monoisotopic (exact) mass is 339 g/mol. The Morgan fingerprint density at radius 1 is 1.12 bits per heavy atom. The molecule has 6 nitrogen and oxygen atoms in total. The highest BCUT2D eigenvalue weighted by Gasteiger charge is 2.10. The Morgan fingerprint density at radius 2 is 1.88 bits per heavy atom. The maximum Gasteiger partial charge on any atom is 0.343 e. The van der Waals surface area contributed by atoms with Crippen LogP contribution in [0.25, 0.3) is 11.4 Å². The van der Waals surface area contributed by atoms with Crippen molar-refractivity contribution in [1.29, 1.82) is 0 Å². The lowest BCUT2D eigenvalue weighted by atomic mass is 10.1. The van der Waals surface area contributed by atoms with Gasteiger partial charge in [-0.25, -0.2) is 9.48 Å². The van der Waals surface area contributed by atoms with Crippen LogP contribution in [-0.2, 0) is 24.8 Å². The number of ether oxygens (including phenoxy) is 2. The number of nitrogens with one attached hydrogen (secondary N) is 1. The Bertz CT molecular complexity index is 881. The van der Waals surface area contributed by atoms with Crippen molar-refractivity contribution in [2.24, 2.45) is 7.05 Å². The first kappa shape index (κ1) is 17.0. The van der Waals surface area contributed by atoms with Gasteiger partial charge in [0.15, 0.2) is 5.82 Å². The van der Waals surface area contributed by atoms with Gasteiger partial charge >= 0.3 is 5.69 Å². The molecule has 0 amide bonds. The molecule has 0 atom stereocenters. The number of H-pyrrole nitrogens is 1. The van der Waals surface area contributed by atoms with Crippen molar-refractivity contribution in [3.63, 3.8) is 0 Å². The van der Waals surface area contributed by atoms with Crippen molar-refractivity contribution in [1.82, 2.24) is 14.8 Å². The molecule has 1 aromatic heterocycles. The number of aromatic amines is 1. The van der Waals surface area contributed by atoms with Crippen LogP contribution in [0.5, 0.6) is 5.75 Å². The highest BCUT2D eigenvalue weighted by atomic mass is 16.5. The Kier molecular flexibility index (Phi) is 5.30. The molecule has 0 aliphatic carbocycles. The standard InChI is InChI=1S/C19H21N3O3/c1-22-19(23)20-18(21-22)17-6-4-3-5-15(17)13-25-16-9-7-14(8-10-16)11-12-24-2/h3-10H,11-13H2,1-2H3,(H,20,21,23). The first-order chi connectivity index (χ1) is 12.2. The van der Waals surface area contributed by atoms with Crippen LogP contribution in [0, 0.1) is 0 Å². The van der Waals surface area contributed by atoms with Crippen LogP contribution in [0.4, 0.5) is 0 Å². The van der Waals surface area contributed by atoms with Gasteiger partial charge in [-0.05, 0) is 24.1 Å². The zero-order chi connectivity index (χ0) is 17.6. The lowest BCUT2D eigenvalue weighted by Crippen LogP contribution is -2.13. The van der Waals surface area contributed by atoms with Crippen molar-refractivity contribution in [3.05, 3.63) is 70.1 Å². The fourth-order valence-electron chi connectivity index (χ4n) is 2.53. The molecule has 0 radical (unpaired) electrons. The molecule has 0 saturated carbocycles. The summed E-state index contributed by atoms with van der Waals surface area (Å²) in [6, 6.07) is 15.7. The van der Waals surface area contributed by atoms with Gasteiger partial charge in [-0.3, -0.25) is 4.98 Å². The molecule has 2 aromatic carbocycles. The minimum Gasteiger partial charge on any atom is -0.489 e. The molecule has 1 heterocycles. The minimum absolute atomic E-state index is 0.239. The third-order valence-corrected chi connectivity index (χ3v) is 3.95. The van der Waals surface area contributed by atoms with Crippen LogP contribution in [0.1, 0.15) is 11.1 Å². The lowest BCUT2D eigenvalue weighted by Gasteiger charge is -2.10. The largest absolute Gasteiger partial charge is 0.489 e. The molecule has 0 aliphatic rings. The summed E-state index contributed by atoms with van der Waals surface area (Å²) in [5, 5.41) is 4.22. The summed E-state index contributed by atoms with van der Waals surface area (Å²) in [5.74, 6) is 1.34. The van der Waals surface area contributed by atoms with Gasteiger partial charge in [0.2, 0.25) is 0 Å². The predicted octanol–water partition coefficient (Wildman–Crippen LogP) is 2.54. The number of aryl methyl sites for hydroxylation is 1. The van der Waals surface area contributed by atoms with Gasteiger partial charge in [0, 0.05) is 25.3 Å². The van der Waals surface area contributed by atoms with Crippen molar-refractivity contribution < 1.29 is 9.47 Å².